The van der Waals surface area contributed by atoms with Gasteiger partial charge in [0.15, 0.2) is 5.82 Å². The van der Waals surface area contributed by atoms with Gasteiger partial charge in [-0.1, -0.05) is 59.0 Å². The number of hydrogen-bond donors (Lipinski definition) is 2. The SMILES string of the molecule is Cc1noc(-c2ccc(Oc3cc(-c4nnc(C5CCNCC5)s4)ccc3CN3C[C@H](c4ccccc4)CC3=O)cc2)n1.O=C(O)C(F)(F)F. The monoisotopic (exact) mass is 706 g/mol. The maximum absolute atomic E-state index is 13.1. The molecule has 2 N–H and O–H groups in total. The molecule has 0 aliphatic carbocycles. The van der Waals surface area contributed by atoms with E-state index in [0.29, 0.717) is 48.6 Å². The fourth-order valence-corrected chi connectivity index (χ4v) is 6.79. The number of carboxylic acid groups (broad SMARTS) is 1. The number of carbonyl (C=O) groups is 2. The summed E-state index contributed by atoms with van der Waals surface area (Å²) in [6.07, 6.45) is -2.41. The molecule has 0 bridgehead atoms. The van der Waals surface area contributed by atoms with E-state index in [-0.39, 0.29) is 11.8 Å². The van der Waals surface area contributed by atoms with E-state index >= 15 is 0 Å². The molecule has 2 aliphatic heterocycles. The number of ether oxygens (including phenoxy) is 1. The summed E-state index contributed by atoms with van der Waals surface area (Å²) >= 11 is 1.65. The number of halogens is 3. The molecule has 7 rings (SSSR count). The van der Waals surface area contributed by atoms with Gasteiger partial charge in [0.2, 0.25) is 5.91 Å². The summed E-state index contributed by atoms with van der Waals surface area (Å²) in [5.74, 6) is 0.437. The number of carboxylic acids is 1. The Labute approximate surface area is 289 Å². The topological polar surface area (TPSA) is 144 Å². The molecule has 3 aromatic carbocycles. The molecule has 5 aromatic rings. The zero-order valence-electron chi connectivity index (χ0n) is 26.9. The molecule has 0 radical (unpaired) electrons. The summed E-state index contributed by atoms with van der Waals surface area (Å²) in [4.78, 5) is 28.2. The Morgan fingerprint density at radius 1 is 1.02 bits per heavy atom. The Morgan fingerprint density at radius 3 is 2.38 bits per heavy atom. The third-order valence-electron chi connectivity index (χ3n) is 8.39. The van der Waals surface area contributed by atoms with Gasteiger partial charge < -0.3 is 24.6 Å². The predicted molar refractivity (Wildman–Crippen MR) is 178 cm³/mol. The molecule has 50 heavy (non-hydrogen) atoms. The van der Waals surface area contributed by atoms with Gasteiger partial charge in [0.1, 0.15) is 21.5 Å². The van der Waals surface area contributed by atoms with Gasteiger partial charge in [-0.2, -0.15) is 18.2 Å². The van der Waals surface area contributed by atoms with Gasteiger partial charge in [0, 0.05) is 48.0 Å². The number of alkyl halides is 3. The fourth-order valence-electron chi connectivity index (χ4n) is 5.78. The molecule has 2 aliphatic rings. The first-order chi connectivity index (χ1) is 24.0. The van der Waals surface area contributed by atoms with Crippen LogP contribution in [-0.2, 0) is 16.1 Å². The molecule has 1 atom stereocenters. The molecule has 2 saturated heterocycles. The minimum absolute atomic E-state index is 0.152. The first-order valence-corrected chi connectivity index (χ1v) is 16.7. The van der Waals surface area contributed by atoms with Crippen molar-refractivity contribution in [1.82, 2.24) is 30.6 Å². The molecular weight excluding hydrogens is 673 g/mol. The summed E-state index contributed by atoms with van der Waals surface area (Å²) in [7, 11) is 0. The molecule has 0 unspecified atom stereocenters. The van der Waals surface area contributed by atoms with Crippen molar-refractivity contribution in [3.63, 3.8) is 0 Å². The molecule has 260 valence electrons. The van der Waals surface area contributed by atoms with Crippen molar-refractivity contribution in [2.45, 2.75) is 50.7 Å². The number of nitrogens with one attached hydrogen (secondary N) is 1. The number of aromatic nitrogens is 4. The molecule has 15 heteroatoms. The zero-order chi connectivity index (χ0) is 35.3. The van der Waals surface area contributed by atoms with Crippen LogP contribution in [-0.4, -0.2) is 68.0 Å². The highest BCUT2D eigenvalue weighted by Gasteiger charge is 2.38. The highest BCUT2D eigenvalue weighted by Crippen LogP contribution is 2.37. The van der Waals surface area contributed by atoms with Gasteiger partial charge in [-0.3, -0.25) is 4.79 Å². The molecule has 0 spiro atoms. The number of carbonyl (C=O) groups excluding carboxylic acids is 1. The second-order valence-corrected chi connectivity index (χ2v) is 13.0. The highest BCUT2D eigenvalue weighted by atomic mass is 32.1. The van der Waals surface area contributed by atoms with Crippen LogP contribution in [0.15, 0.2) is 77.3 Å². The van der Waals surface area contributed by atoms with Crippen molar-refractivity contribution >= 4 is 23.2 Å². The van der Waals surface area contributed by atoms with Crippen LogP contribution in [0.4, 0.5) is 13.2 Å². The lowest BCUT2D eigenvalue weighted by molar-refractivity contribution is -0.192. The van der Waals surface area contributed by atoms with Gasteiger partial charge >= 0.3 is 12.1 Å². The molecule has 4 heterocycles. The number of amides is 1. The quantitative estimate of drug-likeness (QED) is 0.174. The molecular formula is C35H33F3N6O5S. The van der Waals surface area contributed by atoms with Gasteiger partial charge in [-0.25, -0.2) is 4.79 Å². The second kappa shape index (κ2) is 15.2. The van der Waals surface area contributed by atoms with Crippen LogP contribution in [0.1, 0.15) is 53.1 Å². The molecule has 1 amide bonds. The zero-order valence-corrected chi connectivity index (χ0v) is 27.7. The first kappa shape index (κ1) is 34.7. The van der Waals surface area contributed by atoms with E-state index in [4.69, 9.17) is 19.2 Å². The average molecular weight is 707 g/mol. The lowest BCUT2D eigenvalue weighted by atomic mass is 9.98. The van der Waals surface area contributed by atoms with Crippen molar-refractivity contribution < 1.29 is 37.1 Å². The van der Waals surface area contributed by atoms with Crippen LogP contribution in [0.5, 0.6) is 11.5 Å². The smallest absolute Gasteiger partial charge is 0.475 e. The van der Waals surface area contributed by atoms with E-state index in [1.54, 1.807) is 18.3 Å². The molecule has 11 nitrogen and oxygen atoms in total. The Bertz CT molecular complexity index is 1930. The van der Waals surface area contributed by atoms with Crippen LogP contribution in [0.25, 0.3) is 22.0 Å². The van der Waals surface area contributed by atoms with Gasteiger partial charge in [0.05, 0.1) is 0 Å². The summed E-state index contributed by atoms with van der Waals surface area (Å²) in [5.41, 5.74) is 3.90. The Balaban J connectivity index is 0.000000561. The lowest BCUT2D eigenvalue weighted by Gasteiger charge is -2.20. The molecule has 2 aromatic heterocycles. The van der Waals surface area contributed by atoms with Crippen LogP contribution in [0, 0.1) is 6.92 Å². The number of aliphatic carboxylic acids is 1. The van der Waals surface area contributed by atoms with E-state index in [1.165, 1.54) is 5.56 Å². The van der Waals surface area contributed by atoms with Gasteiger partial charge in [-0.05, 0) is 68.8 Å². The van der Waals surface area contributed by atoms with E-state index in [2.05, 4.69) is 49.9 Å². The third-order valence-corrected chi connectivity index (χ3v) is 9.52. The van der Waals surface area contributed by atoms with E-state index in [0.717, 1.165) is 52.6 Å². The first-order valence-electron chi connectivity index (χ1n) is 15.9. The minimum Gasteiger partial charge on any atom is -0.475 e. The number of rotatable bonds is 8. The van der Waals surface area contributed by atoms with Crippen molar-refractivity contribution in [3.8, 4) is 33.5 Å². The number of benzene rings is 3. The largest absolute Gasteiger partial charge is 0.490 e. The predicted octanol–water partition coefficient (Wildman–Crippen LogP) is 6.97. The second-order valence-electron chi connectivity index (χ2n) is 12.0. The van der Waals surface area contributed by atoms with Crippen molar-refractivity contribution in [1.29, 1.82) is 0 Å². The fraction of sp³-hybridized carbons (Fsp3) is 0.314. The van der Waals surface area contributed by atoms with Gasteiger partial charge in [-0.15, -0.1) is 10.2 Å². The Hall–Kier alpha value is -5.15. The Kier molecular flexibility index (Phi) is 10.5. The summed E-state index contributed by atoms with van der Waals surface area (Å²) in [6.45, 7) is 4.96. The minimum atomic E-state index is -5.08. The molecule has 0 saturated carbocycles. The molecule has 2 fully saturated rings. The number of nitrogens with zero attached hydrogens (tertiary/aromatic N) is 5. The van der Waals surface area contributed by atoms with E-state index in [1.807, 2.05) is 53.4 Å². The summed E-state index contributed by atoms with van der Waals surface area (Å²) in [6, 6.07) is 24.0. The number of aryl methyl sites for hydroxylation is 1. The van der Waals surface area contributed by atoms with Crippen molar-refractivity contribution in [3.05, 3.63) is 94.8 Å². The highest BCUT2D eigenvalue weighted by molar-refractivity contribution is 7.14. The van der Waals surface area contributed by atoms with Crippen molar-refractivity contribution in [2.24, 2.45) is 0 Å². The normalized spacial score (nSPS) is 16.6. The summed E-state index contributed by atoms with van der Waals surface area (Å²) in [5, 5.41) is 25.5. The Morgan fingerprint density at radius 2 is 1.72 bits per heavy atom. The number of likely N-dealkylation sites (tertiary alicyclic amines) is 1. The van der Waals surface area contributed by atoms with E-state index in [9.17, 15) is 18.0 Å². The third kappa shape index (κ3) is 8.52. The van der Waals surface area contributed by atoms with Crippen LogP contribution in [0.2, 0.25) is 0 Å². The van der Waals surface area contributed by atoms with Gasteiger partial charge in [0.25, 0.3) is 5.89 Å². The number of piperidine rings is 1. The van der Waals surface area contributed by atoms with E-state index < -0.39 is 12.1 Å². The van der Waals surface area contributed by atoms with Crippen LogP contribution >= 0.6 is 11.3 Å². The van der Waals surface area contributed by atoms with Crippen LogP contribution in [0.3, 0.4) is 0 Å². The maximum Gasteiger partial charge on any atom is 0.490 e. The standard InChI is InChI=1S/C33H32N6O3S.C2HF3O2/c1-21-35-31(42-38-21)23-9-11-28(12-10-23)41-29-17-25(33-37-36-32(43-33)24-13-15-34-16-14-24)7-8-26(29)19-39-20-27(18-30(39)40)22-5-3-2-4-6-22;3-2(4,5)1(6)7/h2-12,17,24,27,34H,13-16,18-20H2,1H3;(H,6,7)/t27-;/m1./s1. The van der Waals surface area contributed by atoms with Crippen LogP contribution < -0.4 is 10.1 Å². The van der Waals surface area contributed by atoms with Crippen molar-refractivity contribution in [2.75, 3.05) is 19.6 Å². The summed E-state index contributed by atoms with van der Waals surface area (Å²) < 4.78 is 43.5. The maximum atomic E-state index is 13.1. The number of hydrogen-bond acceptors (Lipinski definition) is 10. The lowest BCUT2D eigenvalue weighted by Crippen LogP contribution is -2.26. The average Bonchev–Trinajstić information content (AvgIpc) is 3.87.